The number of piperazine rings is 1. The molecule has 3 rings (SSSR count). The van der Waals surface area contributed by atoms with E-state index in [1.54, 1.807) is 12.0 Å². The van der Waals surface area contributed by atoms with E-state index in [2.05, 4.69) is 11.9 Å². The number of methoxy groups -OCH3 is 1. The lowest BCUT2D eigenvalue weighted by atomic mass is 10.1. The largest absolute Gasteiger partial charge is 0.497 e. The molecule has 0 aliphatic carbocycles. The summed E-state index contributed by atoms with van der Waals surface area (Å²) in [5.74, 6) is 1.62. The summed E-state index contributed by atoms with van der Waals surface area (Å²) in [6, 6.07) is 15.8. The molecule has 0 bridgehead atoms. The zero-order valence-corrected chi connectivity index (χ0v) is 17.5. The lowest BCUT2D eigenvalue weighted by molar-refractivity contribution is 0.0507. The summed E-state index contributed by atoms with van der Waals surface area (Å²) in [4.78, 5) is 16.6. The first-order valence-corrected chi connectivity index (χ1v) is 10.00. The molecule has 0 spiro atoms. The van der Waals surface area contributed by atoms with Crippen LogP contribution in [0.1, 0.15) is 17.5 Å². The first-order chi connectivity index (χ1) is 14.1. The minimum absolute atomic E-state index is 0.235. The van der Waals surface area contributed by atoms with Crippen LogP contribution in [-0.2, 0) is 11.3 Å². The van der Waals surface area contributed by atoms with E-state index in [1.807, 2.05) is 55.5 Å². The van der Waals surface area contributed by atoms with Gasteiger partial charge in [-0.25, -0.2) is 4.79 Å². The quantitative estimate of drug-likeness (QED) is 0.711. The van der Waals surface area contributed by atoms with E-state index in [9.17, 15) is 4.79 Å². The third-order valence-electron chi connectivity index (χ3n) is 5.34. The summed E-state index contributed by atoms with van der Waals surface area (Å²) < 4.78 is 16.8. The molecule has 6 nitrogen and oxygen atoms in total. The molecule has 0 aromatic heterocycles. The van der Waals surface area contributed by atoms with E-state index in [4.69, 9.17) is 14.2 Å². The van der Waals surface area contributed by atoms with Gasteiger partial charge in [0, 0.05) is 31.7 Å². The second kappa shape index (κ2) is 10.2. The van der Waals surface area contributed by atoms with Crippen molar-refractivity contribution in [2.75, 3.05) is 40.4 Å². The fraction of sp³-hybridized carbons (Fsp3) is 0.435. The highest BCUT2D eigenvalue weighted by Gasteiger charge is 2.28. The maximum atomic E-state index is 12.5. The number of aryl methyl sites for hydroxylation is 1. The lowest BCUT2D eigenvalue weighted by Crippen LogP contribution is -2.53. The first kappa shape index (κ1) is 21.0. The summed E-state index contributed by atoms with van der Waals surface area (Å²) in [6.07, 6.45) is 0.576. The fourth-order valence-electron chi connectivity index (χ4n) is 3.40. The van der Waals surface area contributed by atoms with Crippen LogP contribution >= 0.6 is 0 Å². The topological polar surface area (TPSA) is 51.2 Å². The minimum Gasteiger partial charge on any atom is -0.497 e. The van der Waals surface area contributed by atoms with Crippen LogP contribution in [0.5, 0.6) is 11.5 Å². The van der Waals surface area contributed by atoms with Gasteiger partial charge in [0.05, 0.1) is 13.7 Å². The SMILES string of the molecule is COc1ccc(C)c(OCC[C@@H]2CN(C(=O)OCc3ccccc3)CCN2C)c1. The van der Waals surface area contributed by atoms with Gasteiger partial charge in [-0.05, 0) is 37.6 Å². The number of carbonyl (C=O) groups excluding carboxylic acids is 1. The van der Waals surface area contributed by atoms with E-state index in [0.717, 1.165) is 35.6 Å². The highest BCUT2D eigenvalue weighted by Crippen LogP contribution is 2.24. The maximum absolute atomic E-state index is 12.5. The Morgan fingerprint density at radius 1 is 1.14 bits per heavy atom. The smallest absolute Gasteiger partial charge is 0.410 e. The molecule has 1 saturated heterocycles. The molecule has 1 aliphatic heterocycles. The van der Waals surface area contributed by atoms with Crippen molar-refractivity contribution in [3.05, 3.63) is 59.7 Å². The molecule has 0 saturated carbocycles. The number of likely N-dealkylation sites (N-methyl/N-ethyl adjacent to an activating group) is 1. The standard InChI is InChI=1S/C23H30N2O4/c1-18-9-10-21(27-3)15-22(18)28-14-11-20-16-25(13-12-24(20)2)23(26)29-17-19-7-5-4-6-8-19/h4-10,15,20H,11-14,16-17H2,1-3H3/t20-/m1/s1. The maximum Gasteiger partial charge on any atom is 0.410 e. The number of carbonyl (C=O) groups is 1. The monoisotopic (exact) mass is 398 g/mol. The van der Waals surface area contributed by atoms with Gasteiger partial charge in [0.2, 0.25) is 0 Å². The molecule has 2 aromatic carbocycles. The molecule has 2 aromatic rings. The molecule has 29 heavy (non-hydrogen) atoms. The molecular formula is C23H30N2O4. The zero-order valence-electron chi connectivity index (χ0n) is 17.5. The second-order valence-electron chi connectivity index (χ2n) is 7.39. The normalized spacial score (nSPS) is 17.1. The molecule has 1 atom stereocenters. The predicted molar refractivity (Wildman–Crippen MR) is 112 cm³/mol. The first-order valence-electron chi connectivity index (χ1n) is 10.00. The van der Waals surface area contributed by atoms with Crippen LogP contribution in [0, 0.1) is 6.92 Å². The molecule has 0 unspecified atom stereocenters. The fourth-order valence-corrected chi connectivity index (χ4v) is 3.40. The molecule has 1 aliphatic rings. The lowest BCUT2D eigenvalue weighted by Gasteiger charge is -2.38. The van der Waals surface area contributed by atoms with Crippen LogP contribution < -0.4 is 9.47 Å². The summed E-state index contributed by atoms with van der Waals surface area (Å²) >= 11 is 0. The van der Waals surface area contributed by atoms with Gasteiger partial charge in [0.1, 0.15) is 18.1 Å². The van der Waals surface area contributed by atoms with Gasteiger partial charge < -0.3 is 19.1 Å². The number of amides is 1. The third-order valence-corrected chi connectivity index (χ3v) is 5.34. The molecule has 6 heteroatoms. The van der Waals surface area contributed by atoms with Crippen LogP contribution in [0.2, 0.25) is 0 Å². The third kappa shape index (κ3) is 5.87. The van der Waals surface area contributed by atoms with Crippen molar-refractivity contribution >= 4 is 6.09 Å². The molecule has 0 N–H and O–H groups in total. The van der Waals surface area contributed by atoms with Gasteiger partial charge in [-0.3, -0.25) is 4.90 Å². The molecular weight excluding hydrogens is 368 g/mol. The van der Waals surface area contributed by atoms with Crippen LogP contribution in [0.4, 0.5) is 4.79 Å². The summed E-state index contributed by atoms with van der Waals surface area (Å²) in [5, 5.41) is 0. The molecule has 1 heterocycles. The number of rotatable bonds is 7. The Kier molecular flexibility index (Phi) is 7.36. The van der Waals surface area contributed by atoms with Crippen LogP contribution in [0.15, 0.2) is 48.5 Å². The van der Waals surface area contributed by atoms with E-state index >= 15 is 0 Å². The highest BCUT2D eigenvalue weighted by molar-refractivity contribution is 5.67. The van der Waals surface area contributed by atoms with E-state index in [1.165, 1.54) is 0 Å². The van der Waals surface area contributed by atoms with Crippen molar-refractivity contribution in [1.82, 2.24) is 9.80 Å². The number of hydrogen-bond acceptors (Lipinski definition) is 5. The molecule has 0 radical (unpaired) electrons. The van der Waals surface area contributed by atoms with Gasteiger partial charge >= 0.3 is 6.09 Å². The van der Waals surface area contributed by atoms with Gasteiger partial charge in [-0.1, -0.05) is 36.4 Å². The van der Waals surface area contributed by atoms with Gasteiger partial charge in [0.15, 0.2) is 0 Å². The number of nitrogens with zero attached hydrogens (tertiary/aromatic N) is 2. The van der Waals surface area contributed by atoms with Crippen LogP contribution in [0.3, 0.4) is 0 Å². The number of benzene rings is 2. The van der Waals surface area contributed by atoms with Crippen LogP contribution in [0.25, 0.3) is 0 Å². The van der Waals surface area contributed by atoms with E-state index in [-0.39, 0.29) is 12.1 Å². The van der Waals surface area contributed by atoms with Crippen molar-refractivity contribution in [1.29, 1.82) is 0 Å². The minimum atomic E-state index is -0.253. The number of ether oxygens (including phenoxy) is 3. The van der Waals surface area contributed by atoms with Crippen molar-refractivity contribution in [3.63, 3.8) is 0 Å². The Bertz CT molecular complexity index is 797. The van der Waals surface area contributed by atoms with Crippen molar-refractivity contribution < 1.29 is 19.0 Å². The summed E-state index contributed by atoms with van der Waals surface area (Å²) in [7, 11) is 3.74. The van der Waals surface area contributed by atoms with Gasteiger partial charge in [0.25, 0.3) is 0 Å². The number of hydrogen-bond donors (Lipinski definition) is 0. The Labute approximate surface area is 173 Å². The van der Waals surface area contributed by atoms with Crippen molar-refractivity contribution in [2.45, 2.75) is 26.0 Å². The summed E-state index contributed by atoms with van der Waals surface area (Å²) in [5.41, 5.74) is 2.07. The van der Waals surface area contributed by atoms with Gasteiger partial charge in [-0.2, -0.15) is 0 Å². The molecule has 156 valence electrons. The molecule has 1 fully saturated rings. The Morgan fingerprint density at radius 3 is 2.69 bits per heavy atom. The zero-order chi connectivity index (χ0) is 20.6. The highest BCUT2D eigenvalue weighted by atomic mass is 16.6. The van der Waals surface area contributed by atoms with E-state index in [0.29, 0.717) is 26.3 Å². The average Bonchev–Trinajstić information content (AvgIpc) is 2.75. The Morgan fingerprint density at radius 2 is 1.93 bits per heavy atom. The average molecular weight is 399 g/mol. The van der Waals surface area contributed by atoms with Crippen molar-refractivity contribution in [3.8, 4) is 11.5 Å². The molecule has 1 amide bonds. The Balaban J connectivity index is 1.48. The van der Waals surface area contributed by atoms with E-state index < -0.39 is 0 Å². The van der Waals surface area contributed by atoms with Gasteiger partial charge in [-0.15, -0.1) is 0 Å². The summed E-state index contributed by atoms with van der Waals surface area (Å²) in [6.45, 7) is 5.04. The van der Waals surface area contributed by atoms with Crippen LogP contribution in [-0.4, -0.2) is 62.3 Å². The second-order valence-corrected chi connectivity index (χ2v) is 7.39. The predicted octanol–water partition coefficient (Wildman–Crippen LogP) is 3.73. The van der Waals surface area contributed by atoms with Crippen molar-refractivity contribution in [2.24, 2.45) is 0 Å². The Hall–Kier alpha value is -2.73.